The van der Waals surface area contributed by atoms with Crippen LogP contribution in [0, 0.1) is 0 Å². The Labute approximate surface area is 135 Å². The van der Waals surface area contributed by atoms with E-state index < -0.39 is 0 Å². The molecule has 0 spiro atoms. The zero-order valence-corrected chi connectivity index (χ0v) is 12.9. The second-order valence-electron chi connectivity index (χ2n) is 6.39. The number of aromatic hydroxyl groups is 2. The third-order valence-electron chi connectivity index (χ3n) is 5.14. The van der Waals surface area contributed by atoms with Gasteiger partial charge in [0.1, 0.15) is 0 Å². The first kappa shape index (κ1) is 14.5. The normalized spacial score (nSPS) is 19.3. The molecular weight excluding hydrogens is 293 g/mol. The molecule has 2 aliphatic rings. The Bertz CT molecular complexity index is 759. The van der Waals surface area contributed by atoms with Crippen LogP contribution in [0.1, 0.15) is 29.2 Å². The molecule has 2 aromatic carbocycles. The molecular formula is C19H20FNO2. The molecule has 0 saturated carbocycles. The number of phenols is 2. The van der Waals surface area contributed by atoms with E-state index in [4.69, 9.17) is 0 Å². The van der Waals surface area contributed by atoms with Crippen molar-refractivity contribution in [1.29, 1.82) is 0 Å². The summed E-state index contributed by atoms with van der Waals surface area (Å²) in [5, 5.41) is 20.2. The van der Waals surface area contributed by atoms with E-state index in [1.807, 2.05) is 18.2 Å². The second-order valence-corrected chi connectivity index (χ2v) is 6.39. The van der Waals surface area contributed by atoms with Gasteiger partial charge in [-0.3, -0.25) is 9.29 Å². The second kappa shape index (κ2) is 5.53. The van der Waals surface area contributed by atoms with Crippen LogP contribution in [0.3, 0.4) is 0 Å². The minimum atomic E-state index is -0.289. The molecule has 1 heterocycles. The Morgan fingerprint density at radius 1 is 1.13 bits per heavy atom. The fraction of sp³-hybridized carbons (Fsp3) is 0.368. The molecule has 1 atom stereocenters. The average molecular weight is 313 g/mol. The number of rotatable bonds is 3. The maximum atomic E-state index is 12.6. The molecule has 3 nitrogen and oxygen atoms in total. The number of fused-ring (bicyclic) bond motifs is 2. The number of nitrogens with zero attached hydrogens (tertiary/aromatic N) is 1. The summed E-state index contributed by atoms with van der Waals surface area (Å²) in [4.78, 5) is 2.36. The van der Waals surface area contributed by atoms with Crippen molar-refractivity contribution in [2.45, 2.75) is 25.3 Å². The highest BCUT2D eigenvalue weighted by atomic mass is 19.1. The van der Waals surface area contributed by atoms with E-state index in [9.17, 15) is 14.6 Å². The predicted molar refractivity (Wildman–Crippen MR) is 87.5 cm³/mol. The van der Waals surface area contributed by atoms with Gasteiger partial charge < -0.3 is 10.2 Å². The molecule has 0 bridgehead atoms. The van der Waals surface area contributed by atoms with E-state index in [0.717, 1.165) is 42.6 Å². The maximum absolute atomic E-state index is 12.6. The standard InChI is InChI=1S/C19H20FNO2/c20-8-2-9-21-10-7-12-3-1-4-14-17(12)15(21)11-13-5-6-16(22)19(23)18(13)14/h1,3-6,15,22-23H,2,7-11H2/t15-/m1/s1. The van der Waals surface area contributed by atoms with Crippen molar-refractivity contribution in [2.24, 2.45) is 0 Å². The molecule has 2 aromatic rings. The zero-order valence-electron chi connectivity index (χ0n) is 12.9. The van der Waals surface area contributed by atoms with Crippen LogP contribution in [0.4, 0.5) is 4.39 Å². The Kier molecular flexibility index (Phi) is 3.49. The molecule has 0 radical (unpaired) electrons. The molecule has 0 amide bonds. The molecule has 4 rings (SSSR count). The Morgan fingerprint density at radius 2 is 2.00 bits per heavy atom. The highest BCUT2D eigenvalue weighted by Crippen LogP contribution is 2.50. The fourth-order valence-corrected chi connectivity index (χ4v) is 4.11. The Hall–Kier alpha value is -2.07. The highest BCUT2D eigenvalue weighted by molar-refractivity contribution is 5.82. The van der Waals surface area contributed by atoms with E-state index >= 15 is 0 Å². The van der Waals surface area contributed by atoms with E-state index in [0.29, 0.717) is 6.42 Å². The van der Waals surface area contributed by atoms with Crippen molar-refractivity contribution < 1.29 is 14.6 Å². The Balaban J connectivity index is 1.87. The summed E-state index contributed by atoms with van der Waals surface area (Å²) in [6, 6.07) is 9.85. The van der Waals surface area contributed by atoms with Crippen molar-refractivity contribution in [2.75, 3.05) is 19.8 Å². The van der Waals surface area contributed by atoms with Crippen molar-refractivity contribution in [3.63, 3.8) is 0 Å². The molecule has 0 unspecified atom stereocenters. The van der Waals surface area contributed by atoms with Gasteiger partial charge in [0.15, 0.2) is 11.5 Å². The topological polar surface area (TPSA) is 43.7 Å². The number of benzene rings is 2. The SMILES string of the molecule is Oc1ccc2c(c1O)-c1cccc3c1[C@@H](C2)N(CCCF)CC3. The minimum Gasteiger partial charge on any atom is -0.504 e. The van der Waals surface area contributed by atoms with Crippen LogP contribution in [0.15, 0.2) is 30.3 Å². The predicted octanol–water partition coefficient (Wildman–Crippen LogP) is 3.58. The van der Waals surface area contributed by atoms with E-state index in [2.05, 4.69) is 11.0 Å². The summed E-state index contributed by atoms with van der Waals surface area (Å²) in [5.41, 5.74) is 5.35. The summed E-state index contributed by atoms with van der Waals surface area (Å²) in [6.45, 7) is 1.41. The van der Waals surface area contributed by atoms with Gasteiger partial charge in [0, 0.05) is 24.7 Å². The molecule has 23 heavy (non-hydrogen) atoms. The first-order valence-electron chi connectivity index (χ1n) is 8.16. The number of hydrogen-bond acceptors (Lipinski definition) is 3. The lowest BCUT2D eigenvalue weighted by Gasteiger charge is -2.41. The van der Waals surface area contributed by atoms with Gasteiger partial charge >= 0.3 is 0 Å². The maximum Gasteiger partial charge on any atom is 0.165 e. The summed E-state index contributed by atoms with van der Waals surface area (Å²) in [5.74, 6) is -0.111. The smallest absolute Gasteiger partial charge is 0.165 e. The molecule has 4 heteroatoms. The van der Waals surface area contributed by atoms with Gasteiger partial charge in [0.2, 0.25) is 0 Å². The first-order valence-corrected chi connectivity index (χ1v) is 8.16. The highest BCUT2D eigenvalue weighted by Gasteiger charge is 2.35. The molecule has 1 aliphatic heterocycles. The lowest BCUT2D eigenvalue weighted by atomic mass is 9.76. The van der Waals surface area contributed by atoms with Gasteiger partial charge in [-0.15, -0.1) is 0 Å². The first-order chi connectivity index (χ1) is 11.2. The summed E-state index contributed by atoms with van der Waals surface area (Å²) in [6.07, 6.45) is 2.29. The monoisotopic (exact) mass is 313 g/mol. The van der Waals surface area contributed by atoms with Crippen LogP contribution in [0.25, 0.3) is 11.1 Å². The quantitative estimate of drug-likeness (QED) is 0.851. The average Bonchev–Trinajstić information content (AvgIpc) is 2.57. The summed E-state index contributed by atoms with van der Waals surface area (Å²) < 4.78 is 12.6. The number of halogens is 1. The minimum absolute atomic E-state index is 0.0322. The van der Waals surface area contributed by atoms with Gasteiger partial charge in [0.05, 0.1) is 6.67 Å². The molecule has 0 fully saturated rings. The lowest BCUT2D eigenvalue weighted by molar-refractivity contribution is 0.175. The summed E-state index contributed by atoms with van der Waals surface area (Å²) >= 11 is 0. The fourth-order valence-electron chi connectivity index (χ4n) is 4.11. The van der Waals surface area contributed by atoms with Crippen LogP contribution in [-0.4, -0.2) is 34.9 Å². The number of phenolic OH excluding ortho intramolecular Hbond substituents is 2. The van der Waals surface area contributed by atoms with Crippen molar-refractivity contribution >= 4 is 0 Å². The number of alkyl halides is 1. The van der Waals surface area contributed by atoms with E-state index in [1.165, 1.54) is 11.1 Å². The Morgan fingerprint density at radius 3 is 2.83 bits per heavy atom. The third-order valence-corrected chi connectivity index (χ3v) is 5.14. The van der Waals surface area contributed by atoms with Crippen LogP contribution >= 0.6 is 0 Å². The van der Waals surface area contributed by atoms with Crippen molar-refractivity contribution in [1.82, 2.24) is 4.90 Å². The molecule has 120 valence electrons. The molecule has 0 aromatic heterocycles. The lowest BCUT2D eigenvalue weighted by Crippen LogP contribution is -2.39. The van der Waals surface area contributed by atoms with Gasteiger partial charge in [-0.05, 0) is 47.6 Å². The molecule has 0 saturated heterocycles. The van der Waals surface area contributed by atoms with Gasteiger partial charge in [0.25, 0.3) is 0 Å². The molecule has 1 aliphatic carbocycles. The van der Waals surface area contributed by atoms with Gasteiger partial charge in [-0.25, -0.2) is 0 Å². The number of hydrogen-bond donors (Lipinski definition) is 2. The van der Waals surface area contributed by atoms with E-state index in [1.54, 1.807) is 6.07 Å². The van der Waals surface area contributed by atoms with Gasteiger partial charge in [-0.2, -0.15) is 0 Å². The van der Waals surface area contributed by atoms with Crippen LogP contribution in [-0.2, 0) is 12.8 Å². The van der Waals surface area contributed by atoms with Crippen molar-refractivity contribution in [3.05, 3.63) is 47.0 Å². The third kappa shape index (κ3) is 2.20. The van der Waals surface area contributed by atoms with Crippen LogP contribution < -0.4 is 0 Å². The van der Waals surface area contributed by atoms with Crippen LogP contribution in [0.5, 0.6) is 11.5 Å². The van der Waals surface area contributed by atoms with Crippen LogP contribution in [0.2, 0.25) is 0 Å². The summed E-state index contributed by atoms with van der Waals surface area (Å²) in [7, 11) is 0. The van der Waals surface area contributed by atoms with E-state index in [-0.39, 0.29) is 24.2 Å². The van der Waals surface area contributed by atoms with Gasteiger partial charge in [-0.1, -0.05) is 24.3 Å². The van der Waals surface area contributed by atoms with Crippen molar-refractivity contribution in [3.8, 4) is 22.6 Å². The molecule has 2 N–H and O–H groups in total. The largest absolute Gasteiger partial charge is 0.504 e. The zero-order chi connectivity index (χ0) is 16.0.